The number of carbonyl (C=O) groups excluding carboxylic acids is 1. The van der Waals surface area contributed by atoms with Gasteiger partial charge in [0, 0.05) is 30.2 Å². The molecule has 1 heterocycles. The number of ether oxygens (including phenoxy) is 2. The van der Waals surface area contributed by atoms with Crippen LogP contribution in [0.25, 0.3) is 0 Å². The van der Waals surface area contributed by atoms with E-state index in [0.29, 0.717) is 29.7 Å². The van der Waals surface area contributed by atoms with E-state index in [4.69, 9.17) is 21.1 Å². The number of nitrogens with zero attached hydrogens (tertiary/aromatic N) is 1. The lowest BCUT2D eigenvalue weighted by atomic mass is 9.99. The van der Waals surface area contributed by atoms with Crippen molar-refractivity contribution in [3.63, 3.8) is 0 Å². The molecule has 4 rings (SSSR count). The largest absolute Gasteiger partial charge is 0.456 e. The van der Waals surface area contributed by atoms with Gasteiger partial charge < -0.3 is 9.47 Å². The molecule has 0 unspecified atom stereocenters. The highest BCUT2D eigenvalue weighted by Gasteiger charge is 2.30. The third-order valence-corrected chi connectivity index (χ3v) is 6.61. The van der Waals surface area contributed by atoms with Crippen molar-refractivity contribution in [1.29, 1.82) is 0 Å². The highest BCUT2D eigenvalue weighted by molar-refractivity contribution is 6.31. The first-order valence-corrected chi connectivity index (χ1v) is 12.3. The zero-order valence-corrected chi connectivity index (χ0v) is 20.8. The lowest BCUT2D eigenvalue weighted by Gasteiger charge is -2.32. The first-order chi connectivity index (χ1) is 16.1. The number of hydrogen-bond donors (Lipinski definition) is 0. The molecule has 4 nitrogen and oxygen atoms in total. The predicted molar refractivity (Wildman–Crippen MR) is 128 cm³/mol. The van der Waals surface area contributed by atoms with Gasteiger partial charge in [0.1, 0.15) is 17.2 Å². The van der Waals surface area contributed by atoms with Gasteiger partial charge in [-0.2, -0.15) is 0 Å². The maximum atomic E-state index is 15.4. The fourth-order valence-electron chi connectivity index (χ4n) is 4.28. The Balaban J connectivity index is 1.38. The zero-order valence-electron chi connectivity index (χ0n) is 20.0. The third-order valence-electron chi connectivity index (χ3n) is 6.26. The fourth-order valence-corrected chi connectivity index (χ4v) is 4.50. The summed E-state index contributed by atoms with van der Waals surface area (Å²) in [7, 11) is 0. The summed E-state index contributed by atoms with van der Waals surface area (Å²) in [6.45, 7) is 7.65. The molecule has 0 spiro atoms. The van der Waals surface area contributed by atoms with E-state index in [1.165, 1.54) is 12.1 Å². The number of halogens is 3. The molecule has 184 valence electrons. The molecule has 2 aromatic rings. The predicted octanol–water partition coefficient (Wildman–Crippen LogP) is 6.63. The molecule has 2 aromatic carbocycles. The van der Waals surface area contributed by atoms with Crippen LogP contribution in [0.5, 0.6) is 0 Å². The molecule has 2 aliphatic rings. The minimum atomic E-state index is -0.681. The van der Waals surface area contributed by atoms with E-state index >= 15 is 4.39 Å². The molecule has 2 fully saturated rings. The van der Waals surface area contributed by atoms with Crippen molar-refractivity contribution in [2.45, 2.75) is 77.2 Å². The lowest BCUT2D eigenvalue weighted by molar-refractivity contribution is -0.00411. The number of likely N-dealkylation sites (tertiary alicyclic amines) is 1. The van der Waals surface area contributed by atoms with Gasteiger partial charge in [-0.05, 0) is 81.7 Å². The monoisotopic (exact) mass is 491 g/mol. The highest BCUT2D eigenvalue weighted by atomic mass is 35.5. The molecule has 34 heavy (non-hydrogen) atoms. The summed E-state index contributed by atoms with van der Waals surface area (Å²) in [5.74, 6) is -1.06. The molecular weight excluding hydrogens is 460 g/mol. The second-order valence-electron chi connectivity index (χ2n) is 10.3. The van der Waals surface area contributed by atoms with Gasteiger partial charge in [0.25, 0.3) is 0 Å². The number of rotatable bonds is 7. The smallest absolute Gasteiger partial charge is 0.341 e. The first-order valence-electron chi connectivity index (χ1n) is 11.9. The number of hydrogen-bond acceptors (Lipinski definition) is 4. The van der Waals surface area contributed by atoms with Crippen molar-refractivity contribution < 1.29 is 23.0 Å². The summed E-state index contributed by atoms with van der Waals surface area (Å²) >= 11 is 6.09. The number of benzene rings is 2. The van der Waals surface area contributed by atoms with Crippen molar-refractivity contribution in [2.75, 3.05) is 13.1 Å². The molecular formula is C27H32ClF2NO3. The van der Waals surface area contributed by atoms with Gasteiger partial charge in [0.2, 0.25) is 0 Å². The summed E-state index contributed by atoms with van der Waals surface area (Å²) < 4.78 is 40.1. The van der Waals surface area contributed by atoms with Crippen LogP contribution in [0.3, 0.4) is 0 Å². The van der Waals surface area contributed by atoms with Crippen LogP contribution in [0.2, 0.25) is 5.02 Å². The first kappa shape index (κ1) is 25.1. The quantitative estimate of drug-likeness (QED) is 0.407. The maximum Gasteiger partial charge on any atom is 0.341 e. The van der Waals surface area contributed by atoms with Gasteiger partial charge in [-0.15, -0.1) is 0 Å². The summed E-state index contributed by atoms with van der Waals surface area (Å²) in [5.41, 5.74) is 1.68. The SMILES string of the molecule is CC(C)(C)OC(=O)c1cc(C2CC2)cc(CN2CCC(OCc3ccc(F)cc3Cl)CC2)c1F. The molecule has 1 saturated heterocycles. The van der Waals surface area contributed by atoms with Crippen LogP contribution in [0.4, 0.5) is 8.78 Å². The van der Waals surface area contributed by atoms with Crippen molar-refractivity contribution in [3.8, 4) is 0 Å². The Labute approximate surface area is 205 Å². The summed E-state index contributed by atoms with van der Waals surface area (Å²) in [4.78, 5) is 14.9. The topological polar surface area (TPSA) is 38.8 Å². The Morgan fingerprint density at radius 3 is 2.38 bits per heavy atom. The minimum Gasteiger partial charge on any atom is -0.456 e. The van der Waals surface area contributed by atoms with E-state index in [1.54, 1.807) is 32.9 Å². The van der Waals surface area contributed by atoms with Crippen molar-refractivity contribution in [1.82, 2.24) is 4.90 Å². The van der Waals surface area contributed by atoms with Crippen molar-refractivity contribution in [2.24, 2.45) is 0 Å². The maximum absolute atomic E-state index is 15.4. The Kier molecular flexibility index (Phi) is 7.60. The molecule has 1 aliphatic heterocycles. The van der Waals surface area contributed by atoms with E-state index in [2.05, 4.69) is 4.90 Å². The second-order valence-corrected chi connectivity index (χ2v) is 10.7. The lowest BCUT2D eigenvalue weighted by Crippen LogP contribution is -2.37. The van der Waals surface area contributed by atoms with Crippen molar-refractivity contribution in [3.05, 3.63) is 69.2 Å². The summed E-state index contributed by atoms with van der Waals surface area (Å²) in [5, 5.41) is 0.365. The van der Waals surface area contributed by atoms with Crippen LogP contribution in [0, 0.1) is 11.6 Å². The van der Waals surface area contributed by atoms with E-state index in [0.717, 1.165) is 49.9 Å². The molecule has 0 bridgehead atoms. The van der Waals surface area contributed by atoms with Gasteiger partial charge in [0.15, 0.2) is 0 Å². The second kappa shape index (κ2) is 10.3. The van der Waals surface area contributed by atoms with Crippen molar-refractivity contribution >= 4 is 17.6 Å². The molecule has 1 aliphatic carbocycles. The molecule has 0 N–H and O–H groups in total. The minimum absolute atomic E-state index is 0.0312. The van der Waals surface area contributed by atoms with Gasteiger partial charge in [0.05, 0.1) is 18.3 Å². The average Bonchev–Trinajstić information content (AvgIpc) is 3.60. The van der Waals surface area contributed by atoms with Gasteiger partial charge in [-0.1, -0.05) is 23.7 Å². The van der Waals surface area contributed by atoms with Crippen LogP contribution in [0.1, 0.15) is 79.4 Å². The molecule has 0 atom stereocenters. The average molecular weight is 492 g/mol. The van der Waals surface area contributed by atoms with Crippen LogP contribution >= 0.6 is 11.6 Å². The number of esters is 1. The van der Waals surface area contributed by atoms with E-state index < -0.39 is 17.4 Å². The highest BCUT2D eigenvalue weighted by Crippen LogP contribution is 2.41. The third kappa shape index (κ3) is 6.55. The van der Waals surface area contributed by atoms with E-state index in [-0.39, 0.29) is 17.5 Å². The normalized spacial score (nSPS) is 17.7. The summed E-state index contributed by atoms with van der Waals surface area (Å²) in [6.07, 6.45) is 3.82. The molecule has 0 aromatic heterocycles. The van der Waals surface area contributed by atoms with Gasteiger partial charge >= 0.3 is 5.97 Å². The van der Waals surface area contributed by atoms with Gasteiger partial charge in [-0.3, -0.25) is 4.90 Å². The number of piperidine rings is 1. The Bertz CT molecular complexity index is 1040. The van der Waals surface area contributed by atoms with Crippen LogP contribution in [-0.2, 0) is 22.6 Å². The Morgan fingerprint density at radius 2 is 1.76 bits per heavy atom. The Morgan fingerprint density at radius 1 is 1.06 bits per heavy atom. The van der Waals surface area contributed by atoms with Crippen LogP contribution in [0.15, 0.2) is 30.3 Å². The van der Waals surface area contributed by atoms with E-state index in [1.807, 2.05) is 6.07 Å². The van der Waals surface area contributed by atoms with Crippen LogP contribution < -0.4 is 0 Å². The van der Waals surface area contributed by atoms with Gasteiger partial charge in [-0.25, -0.2) is 13.6 Å². The molecule has 1 saturated carbocycles. The Hall–Kier alpha value is -2.02. The zero-order chi connectivity index (χ0) is 24.5. The standard InChI is InChI=1S/C27H32ClF2NO3/c1-27(2,3)34-26(32)23-13-19(17-4-5-17)12-20(25(23)30)15-31-10-8-22(9-11-31)33-16-18-6-7-21(29)14-24(18)28/h6-7,12-14,17,22H,4-5,8-11,15-16H2,1-3H3. The fraction of sp³-hybridized carbons (Fsp3) is 0.519. The molecule has 0 radical (unpaired) electrons. The molecule has 7 heteroatoms. The molecule has 0 amide bonds. The van der Waals surface area contributed by atoms with E-state index in [9.17, 15) is 9.18 Å². The van der Waals surface area contributed by atoms with Crippen LogP contribution in [-0.4, -0.2) is 35.7 Å². The number of carbonyl (C=O) groups is 1. The summed E-state index contributed by atoms with van der Waals surface area (Å²) in [6, 6.07) is 7.90.